The average Bonchev–Trinajstić information content (AvgIpc) is 2.94. The van der Waals surface area contributed by atoms with Gasteiger partial charge in [-0.25, -0.2) is 0 Å². The van der Waals surface area contributed by atoms with Crippen LogP contribution in [-0.2, 0) is 38.7 Å². The van der Waals surface area contributed by atoms with Gasteiger partial charge in [-0.1, -0.05) is 70.4 Å². The van der Waals surface area contributed by atoms with Gasteiger partial charge in [-0.05, 0) is 25.2 Å². The number of carbonyl (C=O) groups is 3. The van der Waals surface area contributed by atoms with E-state index in [-0.39, 0.29) is 26.1 Å². The van der Waals surface area contributed by atoms with Crippen molar-refractivity contribution < 1.29 is 62.0 Å². The van der Waals surface area contributed by atoms with Crippen LogP contribution >= 0.6 is 0 Å². The summed E-state index contributed by atoms with van der Waals surface area (Å²) in [7, 11) is -5.20. The smallest absolute Gasteiger partial charge is 0.327 e. The SMILES string of the molecule is CCCCCCC(O)C=CC(CCCCCCCC(=O)OCCO)C(C(=O)OCCO)C(C(=O)OCCO)S(=O)(=O)O. The molecule has 4 atom stereocenters. The molecule has 42 heavy (non-hydrogen) atoms. The van der Waals surface area contributed by atoms with E-state index in [1.54, 1.807) is 0 Å². The monoisotopic (exact) mass is 626 g/mol. The van der Waals surface area contributed by atoms with Gasteiger partial charge >= 0.3 is 17.9 Å². The summed E-state index contributed by atoms with van der Waals surface area (Å²) in [4.78, 5) is 37.4. The lowest BCUT2D eigenvalue weighted by Crippen LogP contribution is -2.46. The quantitative estimate of drug-likeness (QED) is 0.0304. The van der Waals surface area contributed by atoms with Crippen molar-refractivity contribution in [1.29, 1.82) is 0 Å². The summed E-state index contributed by atoms with van der Waals surface area (Å²) in [6, 6.07) is 0. The fourth-order valence-corrected chi connectivity index (χ4v) is 5.40. The zero-order chi connectivity index (χ0) is 31.8. The molecule has 0 spiro atoms. The molecule has 246 valence electrons. The van der Waals surface area contributed by atoms with E-state index in [0.717, 1.165) is 25.7 Å². The van der Waals surface area contributed by atoms with E-state index in [2.05, 4.69) is 6.92 Å². The van der Waals surface area contributed by atoms with E-state index < -0.39 is 77.6 Å². The van der Waals surface area contributed by atoms with Crippen LogP contribution in [0.25, 0.3) is 0 Å². The molecule has 0 heterocycles. The average molecular weight is 627 g/mol. The Morgan fingerprint density at radius 3 is 1.83 bits per heavy atom. The largest absolute Gasteiger partial charge is 0.463 e. The number of rotatable bonds is 26. The maximum Gasteiger partial charge on any atom is 0.327 e. The van der Waals surface area contributed by atoms with Gasteiger partial charge in [0.05, 0.1) is 31.8 Å². The highest BCUT2D eigenvalue weighted by atomic mass is 32.2. The van der Waals surface area contributed by atoms with Gasteiger partial charge in [-0.15, -0.1) is 0 Å². The standard InChI is InChI=1S/C28H50O13S/c1-2-3-4-9-12-23(32)15-14-22(11-8-6-5-7-10-13-24(33)39-19-16-29)25(27(34)40-20-17-30)26(42(36,37)38)28(35)41-21-18-31/h14-15,22-23,25-26,29-32H,2-13,16-21H2,1H3,(H,36,37,38). The molecule has 0 aromatic rings. The van der Waals surface area contributed by atoms with E-state index in [9.17, 15) is 32.5 Å². The highest BCUT2D eigenvalue weighted by Gasteiger charge is 2.48. The number of unbranched alkanes of at least 4 members (excludes halogenated alkanes) is 7. The van der Waals surface area contributed by atoms with Gasteiger partial charge in [0.1, 0.15) is 19.8 Å². The van der Waals surface area contributed by atoms with Crippen LogP contribution in [0.1, 0.15) is 84.0 Å². The maximum absolute atomic E-state index is 13.1. The number of aliphatic hydroxyl groups excluding tert-OH is 4. The number of ether oxygens (including phenoxy) is 3. The second-order valence-corrected chi connectivity index (χ2v) is 11.5. The van der Waals surface area contributed by atoms with Crippen LogP contribution in [0.15, 0.2) is 12.2 Å². The highest BCUT2D eigenvalue weighted by molar-refractivity contribution is 7.87. The number of allylic oxidation sites excluding steroid dienone is 1. The molecule has 0 saturated heterocycles. The maximum atomic E-state index is 13.1. The summed E-state index contributed by atoms with van der Waals surface area (Å²) in [5.74, 6) is -5.74. The first kappa shape index (κ1) is 39.9. The first-order valence-corrected chi connectivity index (χ1v) is 16.2. The van der Waals surface area contributed by atoms with Gasteiger partial charge in [0.15, 0.2) is 5.25 Å². The van der Waals surface area contributed by atoms with E-state index >= 15 is 0 Å². The summed E-state index contributed by atoms with van der Waals surface area (Å²) in [5.41, 5.74) is 0. The molecule has 0 aromatic carbocycles. The molecule has 0 radical (unpaired) electrons. The zero-order valence-electron chi connectivity index (χ0n) is 24.6. The fraction of sp³-hybridized carbons (Fsp3) is 0.821. The van der Waals surface area contributed by atoms with Crippen molar-refractivity contribution >= 4 is 28.0 Å². The summed E-state index contributed by atoms with van der Waals surface area (Å²) >= 11 is 0. The van der Waals surface area contributed by atoms with Crippen LogP contribution in [-0.4, -0.2) is 102 Å². The molecule has 0 saturated carbocycles. The second kappa shape index (κ2) is 24.4. The predicted molar refractivity (Wildman–Crippen MR) is 153 cm³/mol. The molecule has 0 fully saturated rings. The first-order valence-electron chi connectivity index (χ1n) is 14.7. The number of hydrogen-bond donors (Lipinski definition) is 5. The van der Waals surface area contributed by atoms with Gasteiger partial charge in [0.25, 0.3) is 10.1 Å². The number of hydrogen-bond acceptors (Lipinski definition) is 12. The number of aliphatic hydroxyl groups is 4. The van der Waals surface area contributed by atoms with Gasteiger partial charge in [0, 0.05) is 6.42 Å². The van der Waals surface area contributed by atoms with E-state index in [4.69, 9.17) is 29.5 Å². The van der Waals surface area contributed by atoms with Crippen LogP contribution in [0.2, 0.25) is 0 Å². The van der Waals surface area contributed by atoms with Crippen LogP contribution in [0.5, 0.6) is 0 Å². The Morgan fingerprint density at radius 1 is 0.714 bits per heavy atom. The Labute approximate surface area is 249 Å². The predicted octanol–water partition coefficient (Wildman–Crippen LogP) is 1.70. The van der Waals surface area contributed by atoms with Crippen molar-refractivity contribution in [2.45, 2.75) is 95.3 Å². The molecule has 0 amide bonds. The summed E-state index contributed by atoms with van der Waals surface area (Å²) < 4.78 is 49.3. The minimum Gasteiger partial charge on any atom is -0.463 e. The van der Waals surface area contributed by atoms with Crippen LogP contribution in [0.4, 0.5) is 0 Å². The number of carbonyl (C=O) groups excluding carboxylic acids is 3. The molecule has 0 aromatic heterocycles. The summed E-state index contributed by atoms with van der Waals surface area (Å²) in [5, 5.41) is 34.9. The van der Waals surface area contributed by atoms with Crippen LogP contribution in [0, 0.1) is 11.8 Å². The first-order chi connectivity index (χ1) is 20.0. The molecule has 14 heteroatoms. The minimum absolute atomic E-state index is 0.0544. The van der Waals surface area contributed by atoms with Crippen LogP contribution < -0.4 is 0 Å². The Kier molecular flexibility index (Phi) is 23.1. The lowest BCUT2D eigenvalue weighted by molar-refractivity contribution is -0.157. The fourth-order valence-electron chi connectivity index (χ4n) is 4.40. The molecule has 0 aliphatic carbocycles. The number of esters is 3. The van der Waals surface area contributed by atoms with Gasteiger partial charge in [0.2, 0.25) is 0 Å². The van der Waals surface area contributed by atoms with Crippen LogP contribution in [0.3, 0.4) is 0 Å². The topological polar surface area (TPSA) is 214 Å². The Balaban J connectivity index is 5.83. The van der Waals surface area contributed by atoms with Crippen molar-refractivity contribution in [2.24, 2.45) is 11.8 Å². The lowest BCUT2D eigenvalue weighted by atomic mass is 9.84. The van der Waals surface area contributed by atoms with Crippen molar-refractivity contribution in [3.05, 3.63) is 12.2 Å². The van der Waals surface area contributed by atoms with Crippen molar-refractivity contribution in [1.82, 2.24) is 0 Å². The third-order valence-electron chi connectivity index (χ3n) is 6.49. The zero-order valence-corrected chi connectivity index (χ0v) is 25.4. The molecule has 0 aliphatic heterocycles. The third kappa shape index (κ3) is 18.4. The molecular weight excluding hydrogens is 576 g/mol. The Morgan fingerprint density at radius 2 is 1.24 bits per heavy atom. The van der Waals surface area contributed by atoms with E-state index in [0.29, 0.717) is 38.5 Å². The molecule has 5 N–H and O–H groups in total. The van der Waals surface area contributed by atoms with Crippen molar-refractivity contribution in [3.63, 3.8) is 0 Å². The normalized spacial score (nSPS) is 14.7. The Bertz CT molecular complexity index is 875. The van der Waals surface area contributed by atoms with Gasteiger partial charge in [-0.3, -0.25) is 18.9 Å². The summed E-state index contributed by atoms with van der Waals surface area (Å²) in [6.07, 6.45) is 9.53. The van der Waals surface area contributed by atoms with E-state index in [1.165, 1.54) is 12.2 Å². The summed E-state index contributed by atoms with van der Waals surface area (Å²) in [6.45, 7) is -0.457. The minimum atomic E-state index is -5.20. The lowest BCUT2D eigenvalue weighted by Gasteiger charge is -2.28. The molecule has 0 rings (SSSR count). The van der Waals surface area contributed by atoms with Crippen molar-refractivity contribution in [2.75, 3.05) is 39.6 Å². The van der Waals surface area contributed by atoms with Gasteiger partial charge < -0.3 is 34.6 Å². The van der Waals surface area contributed by atoms with E-state index in [1.807, 2.05) is 0 Å². The third-order valence-corrected chi connectivity index (χ3v) is 7.62. The molecule has 0 bridgehead atoms. The van der Waals surface area contributed by atoms with Gasteiger partial charge in [-0.2, -0.15) is 8.42 Å². The molecule has 13 nitrogen and oxygen atoms in total. The second-order valence-electron chi connectivity index (χ2n) is 9.96. The Hall–Kier alpha value is -2.10. The highest BCUT2D eigenvalue weighted by Crippen LogP contribution is 2.30. The molecular formula is C28H50O13S. The molecule has 4 unspecified atom stereocenters. The molecule has 0 aliphatic rings. The van der Waals surface area contributed by atoms with Crippen molar-refractivity contribution in [3.8, 4) is 0 Å².